The molecule has 0 atom stereocenters. The lowest BCUT2D eigenvalue weighted by Gasteiger charge is -2.01. The molecule has 0 saturated heterocycles. The van der Waals surface area contributed by atoms with Crippen molar-refractivity contribution in [2.75, 3.05) is 5.32 Å². The van der Waals surface area contributed by atoms with Gasteiger partial charge >= 0.3 is 0 Å². The van der Waals surface area contributed by atoms with Crippen molar-refractivity contribution in [3.05, 3.63) is 74.3 Å². The molecule has 7 heteroatoms. The van der Waals surface area contributed by atoms with E-state index >= 15 is 0 Å². The molecule has 0 saturated carbocycles. The monoisotopic (exact) mass is 336 g/mol. The van der Waals surface area contributed by atoms with Gasteiger partial charge in [0.05, 0.1) is 15.0 Å². The Balaban J connectivity index is 2.01. The summed E-state index contributed by atoms with van der Waals surface area (Å²) in [6.07, 6.45) is 2.92. The van der Waals surface area contributed by atoms with E-state index in [2.05, 4.69) is 5.32 Å². The number of nitro groups is 1. The van der Waals surface area contributed by atoms with Crippen LogP contribution in [0, 0.1) is 10.1 Å². The SMILES string of the molecule is O=C(C=Cc1ccc(Cl)c(Cl)c1)Nc1ccc([N+](=O)[O-])cc1. The highest BCUT2D eigenvalue weighted by atomic mass is 35.5. The average molecular weight is 337 g/mol. The smallest absolute Gasteiger partial charge is 0.269 e. The molecule has 1 amide bonds. The summed E-state index contributed by atoms with van der Waals surface area (Å²) in [4.78, 5) is 21.8. The Morgan fingerprint density at radius 1 is 1.09 bits per heavy atom. The summed E-state index contributed by atoms with van der Waals surface area (Å²) in [5.74, 6) is -0.361. The summed E-state index contributed by atoms with van der Waals surface area (Å²) in [6, 6.07) is 10.6. The van der Waals surface area contributed by atoms with Crippen LogP contribution in [0.1, 0.15) is 5.56 Å². The molecule has 22 heavy (non-hydrogen) atoms. The van der Waals surface area contributed by atoms with Gasteiger partial charge < -0.3 is 5.32 Å². The number of hydrogen-bond donors (Lipinski definition) is 1. The Bertz CT molecular complexity index is 743. The number of hydrogen-bond acceptors (Lipinski definition) is 3. The average Bonchev–Trinajstić information content (AvgIpc) is 2.49. The first kappa shape index (κ1) is 16.0. The van der Waals surface area contributed by atoms with Crippen LogP contribution in [-0.4, -0.2) is 10.8 Å². The predicted octanol–water partition coefficient (Wildman–Crippen LogP) is 4.55. The van der Waals surface area contributed by atoms with Crippen molar-refractivity contribution in [1.29, 1.82) is 0 Å². The molecule has 2 aromatic rings. The molecular formula is C15H10Cl2N2O3. The van der Waals surface area contributed by atoms with Gasteiger partial charge in [-0.25, -0.2) is 0 Å². The summed E-state index contributed by atoms with van der Waals surface area (Å²) in [5, 5.41) is 14.0. The van der Waals surface area contributed by atoms with E-state index in [-0.39, 0.29) is 11.6 Å². The van der Waals surface area contributed by atoms with Crippen molar-refractivity contribution in [2.45, 2.75) is 0 Å². The first-order chi connectivity index (χ1) is 10.5. The highest BCUT2D eigenvalue weighted by Gasteiger charge is 2.05. The van der Waals surface area contributed by atoms with Crippen LogP contribution >= 0.6 is 23.2 Å². The summed E-state index contributed by atoms with van der Waals surface area (Å²) in [6.45, 7) is 0. The Morgan fingerprint density at radius 3 is 2.36 bits per heavy atom. The molecule has 5 nitrogen and oxygen atoms in total. The van der Waals surface area contributed by atoms with Gasteiger partial charge in [-0.15, -0.1) is 0 Å². The molecule has 0 aliphatic rings. The van der Waals surface area contributed by atoms with Crippen LogP contribution in [0.25, 0.3) is 6.08 Å². The van der Waals surface area contributed by atoms with E-state index in [0.717, 1.165) is 5.56 Å². The molecular weight excluding hydrogens is 327 g/mol. The molecule has 1 N–H and O–H groups in total. The molecule has 2 aromatic carbocycles. The topological polar surface area (TPSA) is 72.2 Å². The van der Waals surface area contributed by atoms with E-state index < -0.39 is 4.92 Å². The summed E-state index contributed by atoms with van der Waals surface area (Å²) in [5.41, 5.74) is 1.16. The van der Waals surface area contributed by atoms with Crippen LogP contribution in [0.3, 0.4) is 0 Å². The fourth-order valence-electron chi connectivity index (χ4n) is 1.64. The molecule has 0 aliphatic carbocycles. The van der Waals surface area contributed by atoms with E-state index in [0.29, 0.717) is 15.7 Å². The van der Waals surface area contributed by atoms with Gasteiger partial charge in [0.15, 0.2) is 0 Å². The lowest BCUT2D eigenvalue weighted by atomic mass is 10.2. The highest BCUT2D eigenvalue weighted by Crippen LogP contribution is 2.23. The fraction of sp³-hybridized carbons (Fsp3) is 0. The molecule has 0 spiro atoms. The first-order valence-corrected chi connectivity index (χ1v) is 6.90. The first-order valence-electron chi connectivity index (χ1n) is 6.14. The lowest BCUT2D eigenvalue weighted by molar-refractivity contribution is -0.384. The molecule has 0 aromatic heterocycles. The second-order valence-corrected chi connectivity index (χ2v) is 5.11. The molecule has 0 unspecified atom stereocenters. The van der Waals surface area contributed by atoms with Gasteiger partial charge in [-0.3, -0.25) is 14.9 Å². The third-order valence-corrected chi connectivity index (χ3v) is 3.46. The number of non-ortho nitro benzene ring substituents is 1. The zero-order chi connectivity index (χ0) is 16.1. The van der Waals surface area contributed by atoms with Crippen molar-refractivity contribution in [1.82, 2.24) is 0 Å². The largest absolute Gasteiger partial charge is 0.323 e. The number of nitrogens with zero attached hydrogens (tertiary/aromatic N) is 1. The Hall–Kier alpha value is -2.37. The van der Waals surface area contributed by atoms with Crippen LogP contribution in [0.2, 0.25) is 10.0 Å². The van der Waals surface area contributed by atoms with Gasteiger partial charge in [0.25, 0.3) is 5.69 Å². The maximum absolute atomic E-state index is 11.8. The van der Waals surface area contributed by atoms with Crippen LogP contribution < -0.4 is 5.32 Å². The van der Waals surface area contributed by atoms with Crippen LogP contribution in [0.4, 0.5) is 11.4 Å². The molecule has 112 valence electrons. The summed E-state index contributed by atoms with van der Waals surface area (Å²) in [7, 11) is 0. The van der Waals surface area contributed by atoms with E-state index in [9.17, 15) is 14.9 Å². The third kappa shape index (κ3) is 4.31. The predicted molar refractivity (Wildman–Crippen MR) is 87.2 cm³/mol. The van der Waals surface area contributed by atoms with Crippen LogP contribution in [-0.2, 0) is 4.79 Å². The zero-order valence-corrected chi connectivity index (χ0v) is 12.6. The number of halogens is 2. The number of nitrogens with one attached hydrogen (secondary N) is 1. The van der Waals surface area contributed by atoms with Crippen LogP contribution in [0.5, 0.6) is 0 Å². The minimum absolute atomic E-state index is 0.0376. The number of carbonyl (C=O) groups is 1. The van der Waals surface area contributed by atoms with Gasteiger partial charge in [-0.2, -0.15) is 0 Å². The lowest BCUT2D eigenvalue weighted by Crippen LogP contribution is -2.07. The van der Waals surface area contributed by atoms with Gasteiger partial charge in [-0.05, 0) is 35.9 Å². The quantitative estimate of drug-likeness (QED) is 0.505. The van der Waals surface area contributed by atoms with Crippen molar-refractivity contribution in [3.8, 4) is 0 Å². The number of nitro benzene ring substituents is 1. The van der Waals surface area contributed by atoms with Crippen LogP contribution in [0.15, 0.2) is 48.5 Å². The third-order valence-electron chi connectivity index (χ3n) is 2.72. The van der Waals surface area contributed by atoms with Gasteiger partial charge in [-0.1, -0.05) is 29.3 Å². The second-order valence-electron chi connectivity index (χ2n) is 4.30. The number of carbonyl (C=O) groups excluding carboxylic acids is 1. The Morgan fingerprint density at radius 2 is 1.77 bits per heavy atom. The number of amides is 1. The molecule has 0 radical (unpaired) electrons. The number of benzene rings is 2. The Kier molecular flexibility index (Phi) is 5.14. The summed E-state index contributed by atoms with van der Waals surface area (Å²) >= 11 is 11.7. The van der Waals surface area contributed by atoms with E-state index in [4.69, 9.17) is 23.2 Å². The standard InChI is InChI=1S/C15H10Cl2N2O3/c16-13-7-1-10(9-14(13)17)2-8-15(20)18-11-3-5-12(6-4-11)19(21)22/h1-9H,(H,18,20). The van der Waals surface area contributed by atoms with Gasteiger partial charge in [0.1, 0.15) is 0 Å². The van der Waals surface area contributed by atoms with Crippen molar-refractivity contribution in [3.63, 3.8) is 0 Å². The van der Waals surface area contributed by atoms with E-state index in [1.165, 1.54) is 30.3 Å². The second kappa shape index (κ2) is 7.06. The van der Waals surface area contributed by atoms with Gasteiger partial charge in [0, 0.05) is 23.9 Å². The van der Waals surface area contributed by atoms with E-state index in [1.807, 2.05) is 0 Å². The molecule has 0 fully saturated rings. The Labute approximate surface area is 136 Å². The normalized spacial score (nSPS) is 10.6. The summed E-state index contributed by atoms with van der Waals surface area (Å²) < 4.78 is 0. The van der Waals surface area contributed by atoms with Crippen molar-refractivity contribution < 1.29 is 9.72 Å². The maximum Gasteiger partial charge on any atom is 0.269 e. The minimum Gasteiger partial charge on any atom is -0.323 e. The highest BCUT2D eigenvalue weighted by molar-refractivity contribution is 6.42. The number of anilines is 1. The zero-order valence-electron chi connectivity index (χ0n) is 11.1. The maximum atomic E-state index is 11.8. The molecule has 2 rings (SSSR count). The minimum atomic E-state index is -0.504. The molecule has 0 bridgehead atoms. The van der Waals surface area contributed by atoms with Gasteiger partial charge in [0.2, 0.25) is 5.91 Å². The number of rotatable bonds is 4. The molecule has 0 aliphatic heterocycles. The van der Waals surface area contributed by atoms with Crippen molar-refractivity contribution >= 4 is 46.6 Å². The fourth-order valence-corrected chi connectivity index (χ4v) is 1.94. The van der Waals surface area contributed by atoms with Crippen molar-refractivity contribution in [2.24, 2.45) is 0 Å². The molecule has 0 heterocycles. The van der Waals surface area contributed by atoms with E-state index in [1.54, 1.807) is 24.3 Å².